The highest BCUT2D eigenvalue weighted by molar-refractivity contribution is 6.04. The molecule has 7 heteroatoms. The van der Waals surface area contributed by atoms with Crippen molar-refractivity contribution >= 4 is 23.1 Å². The van der Waals surface area contributed by atoms with Crippen molar-refractivity contribution in [2.75, 3.05) is 10.6 Å². The Kier molecular flexibility index (Phi) is 4.85. The molecule has 0 atom stereocenters. The molecule has 128 valence electrons. The van der Waals surface area contributed by atoms with Crippen molar-refractivity contribution in [1.29, 1.82) is 5.26 Å². The number of hydrogen-bond acceptors (Lipinski definition) is 5. The fourth-order valence-electron chi connectivity index (χ4n) is 2.34. The lowest BCUT2D eigenvalue weighted by molar-refractivity contribution is 0.102. The molecule has 0 aliphatic carbocycles. The molecule has 0 radical (unpaired) electrons. The number of nitrogens with one attached hydrogen (secondary N) is 2. The summed E-state index contributed by atoms with van der Waals surface area (Å²) in [6.07, 6.45) is 0. The molecule has 26 heavy (non-hydrogen) atoms. The van der Waals surface area contributed by atoms with E-state index in [1.54, 1.807) is 43.3 Å². The number of carbonyl (C=O) groups is 1. The summed E-state index contributed by atoms with van der Waals surface area (Å²) in [5.74, 6) is -0.112. The number of anilines is 3. The number of benzene rings is 2. The zero-order chi connectivity index (χ0) is 18.5. The lowest BCUT2D eigenvalue weighted by atomic mass is 10.2. The van der Waals surface area contributed by atoms with Gasteiger partial charge in [-0.05, 0) is 37.3 Å². The van der Waals surface area contributed by atoms with Crippen LogP contribution in [-0.4, -0.2) is 15.9 Å². The molecule has 3 rings (SSSR count). The Morgan fingerprint density at radius 1 is 1.12 bits per heavy atom. The monoisotopic (exact) mass is 347 g/mol. The molecule has 2 aromatic carbocycles. The first-order valence-electron chi connectivity index (χ1n) is 7.74. The van der Waals surface area contributed by atoms with Gasteiger partial charge in [-0.1, -0.05) is 18.2 Å². The highest BCUT2D eigenvalue weighted by Gasteiger charge is 2.13. The summed E-state index contributed by atoms with van der Waals surface area (Å²) in [4.78, 5) is 20.8. The van der Waals surface area contributed by atoms with Crippen molar-refractivity contribution in [2.45, 2.75) is 6.92 Å². The Bertz CT molecular complexity index is 1010. The van der Waals surface area contributed by atoms with E-state index in [0.717, 1.165) is 0 Å². The molecule has 1 amide bonds. The van der Waals surface area contributed by atoms with E-state index >= 15 is 0 Å². The number of aromatic nitrogens is 2. The van der Waals surface area contributed by atoms with Gasteiger partial charge >= 0.3 is 0 Å². The molecule has 0 aliphatic rings. The van der Waals surface area contributed by atoms with Gasteiger partial charge in [-0.15, -0.1) is 0 Å². The van der Waals surface area contributed by atoms with Gasteiger partial charge in [0.05, 0.1) is 11.3 Å². The van der Waals surface area contributed by atoms with Gasteiger partial charge in [-0.25, -0.2) is 14.4 Å². The molecule has 1 aromatic heterocycles. The second-order valence-electron chi connectivity index (χ2n) is 5.43. The maximum absolute atomic E-state index is 13.3. The van der Waals surface area contributed by atoms with E-state index in [-0.39, 0.29) is 11.5 Å². The molecule has 0 fully saturated rings. The van der Waals surface area contributed by atoms with Crippen molar-refractivity contribution in [3.63, 3.8) is 0 Å². The minimum atomic E-state index is -0.472. The lowest BCUT2D eigenvalue weighted by Gasteiger charge is -2.10. The largest absolute Gasteiger partial charge is 0.340 e. The number of nitrogens with zero attached hydrogens (tertiary/aromatic N) is 3. The van der Waals surface area contributed by atoms with Crippen LogP contribution in [0.5, 0.6) is 0 Å². The number of para-hydroxylation sites is 1. The molecule has 0 saturated carbocycles. The first-order chi connectivity index (χ1) is 12.5. The fraction of sp³-hybridized carbons (Fsp3) is 0.0526. The SMILES string of the molecule is Cc1nc(Nc2cccc(F)c2)cc(C(=O)Nc2ccccc2C#N)n1. The molecule has 0 aliphatic heterocycles. The summed E-state index contributed by atoms with van der Waals surface area (Å²) in [7, 11) is 0. The van der Waals surface area contributed by atoms with E-state index in [4.69, 9.17) is 5.26 Å². The molecule has 6 nitrogen and oxygen atoms in total. The van der Waals surface area contributed by atoms with Crippen LogP contribution in [0.25, 0.3) is 0 Å². The number of carbonyl (C=O) groups excluding carboxylic acids is 1. The number of rotatable bonds is 4. The molecule has 3 aromatic rings. The summed E-state index contributed by atoms with van der Waals surface area (Å²) in [5.41, 5.74) is 1.38. The highest BCUT2D eigenvalue weighted by atomic mass is 19.1. The van der Waals surface area contributed by atoms with Gasteiger partial charge in [0.25, 0.3) is 5.91 Å². The van der Waals surface area contributed by atoms with E-state index in [2.05, 4.69) is 20.6 Å². The summed E-state index contributed by atoms with van der Waals surface area (Å²) < 4.78 is 13.3. The van der Waals surface area contributed by atoms with E-state index in [0.29, 0.717) is 28.6 Å². The van der Waals surface area contributed by atoms with Crippen LogP contribution in [0.3, 0.4) is 0 Å². The molecular weight excluding hydrogens is 333 g/mol. The predicted molar refractivity (Wildman–Crippen MR) is 95.6 cm³/mol. The molecule has 0 saturated heterocycles. The number of amides is 1. The summed E-state index contributed by atoms with van der Waals surface area (Å²) >= 11 is 0. The Labute approximate surface area is 149 Å². The third kappa shape index (κ3) is 3.99. The summed E-state index contributed by atoms with van der Waals surface area (Å²) in [5, 5.41) is 14.7. The van der Waals surface area contributed by atoms with E-state index in [1.165, 1.54) is 18.2 Å². The van der Waals surface area contributed by atoms with E-state index in [9.17, 15) is 9.18 Å². The average molecular weight is 347 g/mol. The van der Waals surface area contributed by atoms with Crippen LogP contribution in [-0.2, 0) is 0 Å². The number of halogens is 1. The Morgan fingerprint density at radius 2 is 1.92 bits per heavy atom. The standard InChI is InChI=1S/C19H14FN5O/c1-12-22-17(19(26)25-16-8-3-2-5-13(16)11-21)10-18(23-12)24-15-7-4-6-14(20)9-15/h2-10H,1H3,(H,25,26)(H,22,23,24). The first kappa shape index (κ1) is 17.0. The van der Waals surface area contributed by atoms with Gasteiger partial charge in [0.1, 0.15) is 29.2 Å². The van der Waals surface area contributed by atoms with Crippen molar-refractivity contribution in [2.24, 2.45) is 0 Å². The van der Waals surface area contributed by atoms with Gasteiger partial charge in [-0.3, -0.25) is 4.79 Å². The van der Waals surface area contributed by atoms with Gasteiger partial charge in [-0.2, -0.15) is 5.26 Å². The topological polar surface area (TPSA) is 90.7 Å². The Balaban J connectivity index is 1.85. The molecule has 0 spiro atoms. The van der Waals surface area contributed by atoms with Crippen LogP contribution in [0.4, 0.5) is 21.6 Å². The fourth-order valence-corrected chi connectivity index (χ4v) is 2.34. The van der Waals surface area contributed by atoms with Crippen molar-refractivity contribution in [1.82, 2.24) is 9.97 Å². The normalized spacial score (nSPS) is 10.0. The van der Waals surface area contributed by atoms with Gasteiger partial charge in [0, 0.05) is 11.8 Å². The van der Waals surface area contributed by atoms with E-state index < -0.39 is 5.91 Å². The number of aryl methyl sites for hydroxylation is 1. The zero-order valence-corrected chi connectivity index (χ0v) is 13.8. The van der Waals surface area contributed by atoms with Gasteiger partial charge in [0.2, 0.25) is 0 Å². The molecule has 2 N–H and O–H groups in total. The molecule has 1 heterocycles. The van der Waals surface area contributed by atoms with Crippen molar-refractivity contribution < 1.29 is 9.18 Å². The van der Waals surface area contributed by atoms with Crippen molar-refractivity contribution in [3.8, 4) is 6.07 Å². The van der Waals surface area contributed by atoms with Gasteiger partial charge < -0.3 is 10.6 Å². The highest BCUT2D eigenvalue weighted by Crippen LogP contribution is 2.18. The second-order valence-corrected chi connectivity index (χ2v) is 5.43. The average Bonchev–Trinajstić information content (AvgIpc) is 2.61. The number of hydrogen-bond donors (Lipinski definition) is 2. The second kappa shape index (κ2) is 7.40. The molecular formula is C19H14FN5O. The van der Waals surface area contributed by atoms with Gasteiger partial charge in [0.15, 0.2) is 0 Å². The van der Waals surface area contributed by atoms with Crippen LogP contribution < -0.4 is 10.6 Å². The lowest BCUT2D eigenvalue weighted by Crippen LogP contribution is -2.16. The van der Waals surface area contributed by atoms with Crippen LogP contribution in [0.15, 0.2) is 54.6 Å². The van der Waals surface area contributed by atoms with Crippen LogP contribution in [0, 0.1) is 24.1 Å². The van der Waals surface area contributed by atoms with E-state index in [1.807, 2.05) is 6.07 Å². The number of nitriles is 1. The Hall–Kier alpha value is -3.79. The van der Waals surface area contributed by atoms with Crippen LogP contribution in [0.2, 0.25) is 0 Å². The van der Waals surface area contributed by atoms with Crippen molar-refractivity contribution in [3.05, 3.63) is 77.5 Å². The maximum Gasteiger partial charge on any atom is 0.274 e. The predicted octanol–water partition coefficient (Wildman–Crippen LogP) is 3.79. The zero-order valence-electron chi connectivity index (χ0n) is 13.8. The summed E-state index contributed by atoms with van der Waals surface area (Å²) in [6.45, 7) is 1.65. The minimum absolute atomic E-state index is 0.129. The molecule has 0 unspecified atom stereocenters. The summed E-state index contributed by atoms with van der Waals surface area (Å²) in [6, 6.07) is 16.1. The van der Waals surface area contributed by atoms with Crippen LogP contribution >= 0.6 is 0 Å². The Morgan fingerprint density at radius 3 is 2.69 bits per heavy atom. The minimum Gasteiger partial charge on any atom is -0.340 e. The first-order valence-corrected chi connectivity index (χ1v) is 7.74. The third-order valence-corrected chi connectivity index (χ3v) is 3.46. The quantitative estimate of drug-likeness (QED) is 0.749. The maximum atomic E-state index is 13.3. The smallest absolute Gasteiger partial charge is 0.274 e. The molecule has 0 bridgehead atoms. The van der Waals surface area contributed by atoms with Crippen LogP contribution in [0.1, 0.15) is 21.9 Å². The third-order valence-electron chi connectivity index (χ3n) is 3.46.